The minimum Gasteiger partial charge on any atom is -0.465 e. The van der Waals surface area contributed by atoms with Crippen LogP contribution in [0.1, 0.15) is 70.6 Å². The van der Waals surface area contributed by atoms with Crippen molar-refractivity contribution in [3.8, 4) is 0 Å². The summed E-state index contributed by atoms with van der Waals surface area (Å²) in [7, 11) is 0. The number of aromatic nitrogens is 1. The quantitative estimate of drug-likeness (QED) is 0.502. The molecule has 0 saturated heterocycles. The summed E-state index contributed by atoms with van der Waals surface area (Å²) in [6.07, 6.45) is 4.23. The van der Waals surface area contributed by atoms with Crippen LogP contribution in [0, 0.1) is 0 Å². The van der Waals surface area contributed by atoms with E-state index in [1.165, 1.54) is 11.3 Å². The minimum atomic E-state index is -1.21. The Balaban J connectivity index is 2.58. The third kappa shape index (κ3) is 8.31. The van der Waals surface area contributed by atoms with E-state index in [1.54, 1.807) is 20.0 Å². The highest BCUT2D eigenvalue weighted by Crippen LogP contribution is 2.30. The van der Waals surface area contributed by atoms with Gasteiger partial charge >= 0.3 is 6.09 Å². The van der Waals surface area contributed by atoms with Gasteiger partial charge in [0.15, 0.2) is 5.13 Å². The molecule has 0 aliphatic carbocycles. The molecule has 4 N–H and O–H groups in total. The second kappa shape index (κ2) is 9.72. The van der Waals surface area contributed by atoms with Gasteiger partial charge in [-0.05, 0) is 45.4 Å². The summed E-state index contributed by atoms with van der Waals surface area (Å²) in [6, 6.07) is -0.779. The van der Waals surface area contributed by atoms with E-state index in [1.807, 2.05) is 6.92 Å². The van der Waals surface area contributed by atoms with Crippen molar-refractivity contribution in [3.05, 3.63) is 11.1 Å². The topological polar surface area (TPSA) is 112 Å². The molecule has 8 heteroatoms. The number of thiazole rings is 1. The Bertz CT molecular complexity index is 568. The largest absolute Gasteiger partial charge is 0.465 e. The summed E-state index contributed by atoms with van der Waals surface area (Å²) in [5.41, 5.74) is -0.655. The highest BCUT2D eigenvalue weighted by molar-refractivity contribution is 7.15. The Kier molecular flexibility index (Phi) is 8.31. The first-order valence-corrected chi connectivity index (χ1v) is 9.42. The number of nitrogens with zero attached hydrogens (tertiary/aromatic N) is 1. The molecule has 0 saturated carbocycles. The SMILES string of the molecule is CCCC(NC(=O)O)C(=O)Nc1ncc(C(C)CCCC(C)(C)O)s1. The van der Waals surface area contributed by atoms with Crippen LogP contribution in [-0.4, -0.2) is 38.8 Å². The van der Waals surface area contributed by atoms with Gasteiger partial charge in [0.25, 0.3) is 0 Å². The van der Waals surface area contributed by atoms with Crippen LogP contribution in [0.4, 0.5) is 9.93 Å². The number of carbonyl (C=O) groups is 2. The highest BCUT2D eigenvalue weighted by atomic mass is 32.1. The van der Waals surface area contributed by atoms with Gasteiger partial charge in [0.2, 0.25) is 5.91 Å². The molecule has 7 nitrogen and oxygen atoms in total. The second-order valence-corrected chi connectivity index (χ2v) is 8.02. The van der Waals surface area contributed by atoms with Gasteiger partial charge in [-0.25, -0.2) is 9.78 Å². The molecule has 1 heterocycles. The number of hydrogen-bond donors (Lipinski definition) is 4. The standard InChI is InChI=1S/C17H29N3O4S/c1-5-7-12(19-16(22)23)14(21)20-15-18-10-13(25-15)11(2)8-6-9-17(3,4)24/h10-12,19,24H,5-9H2,1-4H3,(H,22,23)(H,18,20,21). The second-order valence-electron chi connectivity index (χ2n) is 6.95. The van der Waals surface area contributed by atoms with Crippen molar-refractivity contribution in [2.75, 3.05) is 5.32 Å². The summed E-state index contributed by atoms with van der Waals surface area (Å²) >= 11 is 1.40. The highest BCUT2D eigenvalue weighted by Gasteiger charge is 2.21. The summed E-state index contributed by atoms with van der Waals surface area (Å²) in [6.45, 7) is 7.59. The normalized spacial score (nSPS) is 14.0. The number of anilines is 1. The molecule has 0 bridgehead atoms. The molecule has 2 atom stereocenters. The van der Waals surface area contributed by atoms with Crippen LogP contribution in [0.3, 0.4) is 0 Å². The van der Waals surface area contributed by atoms with E-state index < -0.39 is 17.7 Å². The van der Waals surface area contributed by atoms with Gasteiger partial charge in [0.1, 0.15) is 6.04 Å². The first kappa shape index (κ1) is 21.4. The Morgan fingerprint density at radius 1 is 1.36 bits per heavy atom. The zero-order valence-corrected chi connectivity index (χ0v) is 16.2. The van der Waals surface area contributed by atoms with Gasteiger partial charge in [-0.15, -0.1) is 11.3 Å². The fourth-order valence-corrected chi connectivity index (χ4v) is 3.36. The number of rotatable bonds is 10. The lowest BCUT2D eigenvalue weighted by Gasteiger charge is -2.17. The maximum Gasteiger partial charge on any atom is 0.405 e. The van der Waals surface area contributed by atoms with Crippen LogP contribution in [0.5, 0.6) is 0 Å². The predicted molar refractivity (Wildman–Crippen MR) is 99.2 cm³/mol. The monoisotopic (exact) mass is 371 g/mol. The van der Waals surface area contributed by atoms with Crippen molar-refractivity contribution < 1.29 is 19.8 Å². The van der Waals surface area contributed by atoms with Crippen molar-refractivity contribution >= 4 is 28.5 Å². The number of nitrogens with one attached hydrogen (secondary N) is 2. The molecule has 0 radical (unpaired) electrons. The Morgan fingerprint density at radius 3 is 2.60 bits per heavy atom. The van der Waals surface area contributed by atoms with E-state index in [0.717, 1.165) is 24.1 Å². The molecule has 0 aliphatic heterocycles. The first-order chi connectivity index (χ1) is 11.6. The third-order valence-corrected chi connectivity index (χ3v) is 5.00. The molecular formula is C17H29N3O4S. The molecule has 2 amide bonds. The average molecular weight is 372 g/mol. The maximum absolute atomic E-state index is 12.2. The molecular weight excluding hydrogens is 342 g/mol. The minimum absolute atomic E-state index is 0.286. The van der Waals surface area contributed by atoms with Gasteiger partial charge in [-0.1, -0.05) is 20.3 Å². The lowest BCUT2D eigenvalue weighted by Crippen LogP contribution is -2.43. The molecule has 0 spiro atoms. The van der Waals surface area contributed by atoms with E-state index in [4.69, 9.17) is 5.11 Å². The fourth-order valence-electron chi connectivity index (χ4n) is 2.45. The van der Waals surface area contributed by atoms with E-state index in [0.29, 0.717) is 18.0 Å². The molecule has 25 heavy (non-hydrogen) atoms. The molecule has 1 rings (SSSR count). The predicted octanol–water partition coefficient (Wildman–Crippen LogP) is 3.56. The molecule has 2 unspecified atom stereocenters. The molecule has 1 aromatic heterocycles. The zero-order valence-electron chi connectivity index (χ0n) is 15.3. The van der Waals surface area contributed by atoms with Gasteiger partial charge in [0, 0.05) is 11.1 Å². The summed E-state index contributed by atoms with van der Waals surface area (Å²) in [5.74, 6) is -0.103. The Morgan fingerprint density at radius 2 is 2.04 bits per heavy atom. The third-order valence-electron chi connectivity index (χ3n) is 3.86. The maximum atomic E-state index is 12.2. The lowest BCUT2D eigenvalue weighted by atomic mass is 9.96. The summed E-state index contributed by atoms with van der Waals surface area (Å²) in [5, 5.41) is 24.0. The van der Waals surface area contributed by atoms with Gasteiger partial charge < -0.3 is 20.8 Å². The number of carbonyl (C=O) groups excluding carboxylic acids is 1. The Hall–Kier alpha value is -1.67. The van der Waals surface area contributed by atoms with E-state index in [9.17, 15) is 14.7 Å². The van der Waals surface area contributed by atoms with Crippen LogP contribution >= 0.6 is 11.3 Å². The van der Waals surface area contributed by atoms with E-state index in [-0.39, 0.29) is 11.8 Å². The number of aliphatic hydroxyl groups is 1. The van der Waals surface area contributed by atoms with E-state index >= 15 is 0 Å². The van der Waals surface area contributed by atoms with Crippen LogP contribution in [0.2, 0.25) is 0 Å². The van der Waals surface area contributed by atoms with Crippen molar-refractivity contribution in [1.82, 2.24) is 10.3 Å². The zero-order chi connectivity index (χ0) is 19.0. The van der Waals surface area contributed by atoms with E-state index in [2.05, 4.69) is 22.5 Å². The van der Waals surface area contributed by atoms with Crippen molar-refractivity contribution in [1.29, 1.82) is 0 Å². The summed E-state index contributed by atoms with van der Waals surface area (Å²) < 4.78 is 0. The van der Waals surface area contributed by atoms with Gasteiger partial charge in [-0.2, -0.15) is 0 Å². The lowest BCUT2D eigenvalue weighted by molar-refractivity contribution is -0.118. The van der Waals surface area contributed by atoms with Crippen molar-refractivity contribution in [3.63, 3.8) is 0 Å². The number of hydrogen-bond acceptors (Lipinski definition) is 5. The van der Waals surface area contributed by atoms with Crippen molar-refractivity contribution in [2.45, 2.75) is 77.4 Å². The van der Waals surface area contributed by atoms with Crippen molar-refractivity contribution in [2.24, 2.45) is 0 Å². The first-order valence-electron chi connectivity index (χ1n) is 8.60. The average Bonchev–Trinajstić information content (AvgIpc) is 2.93. The molecule has 0 aromatic carbocycles. The Labute approximate surface area is 152 Å². The van der Waals surface area contributed by atoms with Gasteiger partial charge in [0.05, 0.1) is 5.60 Å². The molecule has 0 fully saturated rings. The molecule has 1 aromatic rings. The summed E-state index contributed by atoms with van der Waals surface area (Å²) in [4.78, 5) is 28.3. The van der Waals surface area contributed by atoms with Crippen LogP contribution in [-0.2, 0) is 4.79 Å². The van der Waals surface area contributed by atoms with Crippen LogP contribution in [0.15, 0.2) is 6.20 Å². The van der Waals surface area contributed by atoms with Gasteiger partial charge in [-0.3, -0.25) is 4.79 Å². The smallest absolute Gasteiger partial charge is 0.405 e. The molecule has 0 aliphatic rings. The molecule has 142 valence electrons. The fraction of sp³-hybridized carbons (Fsp3) is 0.706. The number of carboxylic acid groups (broad SMARTS) is 1. The van der Waals surface area contributed by atoms with Crippen LogP contribution < -0.4 is 10.6 Å². The van der Waals surface area contributed by atoms with Crippen LogP contribution in [0.25, 0.3) is 0 Å². The number of amides is 2.